The number of aromatic carboxylic acids is 1. The fourth-order valence-electron chi connectivity index (χ4n) is 1.47. The standard InChI is InChI=1S/C9H6N2O5/c10-5-3(7(12)13)1-2-4(6(5)11)9(15)16-8(2)14/h1H,10-11H2,(H,12,13). The van der Waals surface area contributed by atoms with Crippen LogP contribution in [0.1, 0.15) is 31.1 Å². The third-order valence-electron chi connectivity index (χ3n) is 2.25. The van der Waals surface area contributed by atoms with Crippen LogP contribution in [0.15, 0.2) is 6.07 Å². The minimum absolute atomic E-state index is 0.172. The second-order valence-corrected chi connectivity index (χ2v) is 3.16. The maximum atomic E-state index is 11.2. The van der Waals surface area contributed by atoms with Crippen molar-refractivity contribution in [3.8, 4) is 0 Å². The number of rotatable bonds is 1. The molecule has 1 aromatic carbocycles. The second kappa shape index (κ2) is 2.96. The molecule has 0 saturated heterocycles. The first-order chi connectivity index (χ1) is 7.43. The summed E-state index contributed by atoms with van der Waals surface area (Å²) >= 11 is 0. The van der Waals surface area contributed by atoms with E-state index < -0.39 is 17.9 Å². The lowest BCUT2D eigenvalue weighted by Gasteiger charge is -2.06. The molecule has 0 saturated carbocycles. The molecule has 82 valence electrons. The predicted molar refractivity (Wildman–Crippen MR) is 52.0 cm³/mol. The van der Waals surface area contributed by atoms with Crippen molar-refractivity contribution in [1.82, 2.24) is 0 Å². The highest BCUT2D eigenvalue weighted by atomic mass is 16.6. The van der Waals surface area contributed by atoms with Gasteiger partial charge in [-0.3, -0.25) is 0 Å². The SMILES string of the molecule is Nc1c(C(=O)O)cc2c(c1N)C(=O)OC2=O. The Morgan fingerprint density at radius 3 is 2.38 bits per heavy atom. The van der Waals surface area contributed by atoms with E-state index in [2.05, 4.69) is 4.74 Å². The number of ether oxygens (including phenoxy) is 1. The number of anilines is 2. The highest BCUT2D eigenvalue weighted by Gasteiger charge is 2.34. The van der Waals surface area contributed by atoms with E-state index in [-0.39, 0.29) is 28.1 Å². The van der Waals surface area contributed by atoms with Crippen LogP contribution in [-0.2, 0) is 4.74 Å². The summed E-state index contributed by atoms with van der Waals surface area (Å²) in [4.78, 5) is 33.2. The predicted octanol–water partition coefficient (Wildman–Crippen LogP) is -0.140. The summed E-state index contributed by atoms with van der Waals surface area (Å²) in [6.45, 7) is 0. The Bertz CT molecular complexity index is 549. The lowest BCUT2D eigenvalue weighted by molar-refractivity contribution is 0.0444. The van der Waals surface area contributed by atoms with Gasteiger partial charge in [-0.15, -0.1) is 0 Å². The second-order valence-electron chi connectivity index (χ2n) is 3.16. The average molecular weight is 222 g/mol. The van der Waals surface area contributed by atoms with Gasteiger partial charge in [0.25, 0.3) is 0 Å². The fraction of sp³-hybridized carbons (Fsp3) is 0. The third kappa shape index (κ3) is 1.11. The van der Waals surface area contributed by atoms with Crippen LogP contribution in [0.4, 0.5) is 11.4 Å². The number of benzene rings is 1. The number of hydrogen-bond acceptors (Lipinski definition) is 6. The van der Waals surface area contributed by atoms with Gasteiger partial charge in [0.2, 0.25) is 0 Å². The van der Waals surface area contributed by atoms with E-state index >= 15 is 0 Å². The molecule has 0 atom stereocenters. The van der Waals surface area contributed by atoms with Crippen LogP contribution in [0.3, 0.4) is 0 Å². The molecule has 0 aromatic heterocycles. The molecule has 0 spiro atoms. The Kier molecular flexibility index (Phi) is 1.84. The van der Waals surface area contributed by atoms with Gasteiger partial charge in [0.15, 0.2) is 0 Å². The Labute approximate surface area is 88.6 Å². The minimum atomic E-state index is -1.33. The number of carboxylic acid groups (broad SMARTS) is 1. The van der Waals surface area contributed by atoms with Crippen molar-refractivity contribution in [2.75, 3.05) is 11.5 Å². The molecule has 1 heterocycles. The van der Waals surface area contributed by atoms with Gasteiger partial charge in [-0.25, -0.2) is 14.4 Å². The summed E-state index contributed by atoms with van der Waals surface area (Å²) in [7, 11) is 0. The molecule has 0 aliphatic carbocycles. The van der Waals surface area contributed by atoms with Gasteiger partial charge >= 0.3 is 17.9 Å². The Morgan fingerprint density at radius 2 is 1.81 bits per heavy atom. The summed E-state index contributed by atoms with van der Waals surface area (Å²) < 4.78 is 4.30. The lowest BCUT2D eigenvalue weighted by atomic mass is 10.0. The zero-order valence-electron chi connectivity index (χ0n) is 7.81. The number of esters is 2. The van der Waals surface area contributed by atoms with E-state index in [1.165, 1.54) is 0 Å². The molecule has 7 heteroatoms. The lowest BCUT2D eigenvalue weighted by Crippen LogP contribution is -2.10. The number of fused-ring (bicyclic) bond motifs is 1. The quantitative estimate of drug-likeness (QED) is 0.342. The van der Waals surface area contributed by atoms with Crippen LogP contribution in [0.25, 0.3) is 0 Å². The van der Waals surface area contributed by atoms with Crippen molar-refractivity contribution in [2.45, 2.75) is 0 Å². The van der Waals surface area contributed by atoms with E-state index in [9.17, 15) is 14.4 Å². The normalized spacial score (nSPS) is 13.5. The molecule has 0 amide bonds. The summed E-state index contributed by atoms with van der Waals surface area (Å²) in [6.07, 6.45) is 0. The molecule has 1 aliphatic rings. The van der Waals surface area contributed by atoms with Crippen molar-refractivity contribution < 1.29 is 24.2 Å². The molecule has 1 aromatic rings. The van der Waals surface area contributed by atoms with Crippen LogP contribution < -0.4 is 11.5 Å². The first-order valence-corrected chi connectivity index (χ1v) is 4.15. The molecular weight excluding hydrogens is 216 g/mol. The summed E-state index contributed by atoms with van der Waals surface area (Å²) in [6, 6.07) is 0.983. The van der Waals surface area contributed by atoms with E-state index in [1.807, 2.05) is 0 Å². The first kappa shape index (κ1) is 9.97. The number of nitrogen functional groups attached to an aromatic ring is 2. The molecule has 1 aliphatic heterocycles. The van der Waals surface area contributed by atoms with E-state index in [1.54, 1.807) is 0 Å². The van der Waals surface area contributed by atoms with Gasteiger partial charge in [-0.05, 0) is 6.07 Å². The van der Waals surface area contributed by atoms with Gasteiger partial charge < -0.3 is 21.3 Å². The highest BCUT2D eigenvalue weighted by Crippen LogP contribution is 2.32. The molecule has 7 nitrogen and oxygen atoms in total. The average Bonchev–Trinajstić information content (AvgIpc) is 2.47. The van der Waals surface area contributed by atoms with Crippen molar-refractivity contribution in [2.24, 2.45) is 0 Å². The smallest absolute Gasteiger partial charge is 0.349 e. The van der Waals surface area contributed by atoms with Crippen LogP contribution in [0.2, 0.25) is 0 Å². The first-order valence-electron chi connectivity index (χ1n) is 4.15. The van der Waals surface area contributed by atoms with Crippen molar-refractivity contribution in [3.63, 3.8) is 0 Å². The third-order valence-corrected chi connectivity index (χ3v) is 2.25. The van der Waals surface area contributed by atoms with Gasteiger partial charge in [0.05, 0.1) is 28.1 Å². The molecule has 16 heavy (non-hydrogen) atoms. The van der Waals surface area contributed by atoms with Crippen molar-refractivity contribution in [3.05, 3.63) is 22.8 Å². The maximum absolute atomic E-state index is 11.2. The topological polar surface area (TPSA) is 133 Å². The molecule has 0 unspecified atom stereocenters. The molecular formula is C9H6N2O5. The number of carbonyl (C=O) groups is 3. The van der Waals surface area contributed by atoms with Gasteiger partial charge in [0, 0.05) is 0 Å². The largest absolute Gasteiger partial charge is 0.478 e. The van der Waals surface area contributed by atoms with Crippen LogP contribution in [0, 0.1) is 0 Å². The van der Waals surface area contributed by atoms with Crippen LogP contribution >= 0.6 is 0 Å². The van der Waals surface area contributed by atoms with Crippen LogP contribution in [-0.4, -0.2) is 23.0 Å². The number of cyclic esters (lactones) is 2. The minimum Gasteiger partial charge on any atom is -0.478 e. The van der Waals surface area contributed by atoms with E-state index in [0.717, 1.165) is 6.07 Å². The maximum Gasteiger partial charge on any atom is 0.349 e. The molecule has 2 rings (SSSR count). The number of nitrogens with two attached hydrogens (primary N) is 2. The van der Waals surface area contributed by atoms with Gasteiger partial charge in [0.1, 0.15) is 0 Å². The number of carbonyl (C=O) groups excluding carboxylic acids is 2. The van der Waals surface area contributed by atoms with E-state index in [4.69, 9.17) is 16.6 Å². The molecule has 0 fully saturated rings. The zero-order valence-corrected chi connectivity index (χ0v) is 7.81. The Morgan fingerprint density at radius 1 is 1.19 bits per heavy atom. The van der Waals surface area contributed by atoms with Gasteiger partial charge in [-0.2, -0.15) is 0 Å². The fourth-order valence-corrected chi connectivity index (χ4v) is 1.47. The zero-order chi connectivity index (χ0) is 12.0. The molecule has 5 N–H and O–H groups in total. The van der Waals surface area contributed by atoms with Gasteiger partial charge in [-0.1, -0.05) is 0 Å². The molecule has 0 radical (unpaired) electrons. The van der Waals surface area contributed by atoms with Crippen LogP contribution in [0.5, 0.6) is 0 Å². The van der Waals surface area contributed by atoms with Crippen molar-refractivity contribution in [1.29, 1.82) is 0 Å². The number of hydrogen-bond donors (Lipinski definition) is 3. The summed E-state index contributed by atoms with van der Waals surface area (Å²) in [5.74, 6) is -3.17. The molecule has 0 bridgehead atoms. The van der Waals surface area contributed by atoms with Crippen molar-refractivity contribution >= 4 is 29.3 Å². The monoisotopic (exact) mass is 222 g/mol. The van der Waals surface area contributed by atoms with E-state index in [0.29, 0.717) is 0 Å². The number of carboxylic acids is 1. The highest BCUT2D eigenvalue weighted by molar-refractivity contribution is 6.20. The Balaban J connectivity index is 2.81. The Hall–Kier alpha value is -2.57. The summed E-state index contributed by atoms with van der Waals surface area (Å²) in [5, 5.41) is 8.80. The summed E-state index contributed by atoms with van der Waals surface area (Å²) in [5.41, 5.74) is 9.75.